The first kappa shape index (κ1) is 11.9. The van der Waals surface area contributed by atoms with Crippen molar-refractivity contribution in [2.45, 2.75) is 6.42 Å². The molecule has 0 atom stereocenters. The second kappa shape index (κ2) is 6.25. The van der Waals surface area contributed by atoms with Gasteiger partial charge in [0, 0.05) is 31.4 Å². The number of nitrogens with zero attached hydrogens (tertiary/aromatic N) is 2. The van der Waals surface area contributed by atoms with E-state index >= 15 is 0 Å². The molecule has 1 saturated heterocycles. The molecule has 0 unspecified atom stereocenters. The van der Waals surface area contributed by atoms with Crippen LogP contribution in [0.2, 0.25) is 0 Å². The fourth-order valence-electron chi connectivity index (χ4n) is 1.88. The molecule has 92 valence electrons. The Hall–Kier alpha value is -1.55. The number of ether oxygens (including phenoxy) is 1. The minimum absolute atomic E-state index is 0.803. The van der Waals surface area contributed by atoms with Gasteiger partial charge in [0.1, 0.15) is 7.11 Å². The highest BCUT2D eigenvalue weighted by Gasteiger charge is 2.10. The van der Waals surface area contributed by atoms with Crippen LogP contribution in [0.5, 0.6) is 0 Å². The molecule has 1 aliphatic rings. The molecular weight excluding hydrogens is 216 g/mol. The van der Waals surface area contributed by atoms with E-state index < -0.39 is 0 Å². The monoisotopic (exact) mass is 234 g/mol. The Labute approximate surface area is 102 Å². The van der Waals surface area contributed by atoms with E-state index in [1.165, 1.54) is 11.3 Å². The first-order valence-corrected chi connectivity index (χ1v) is 5.87. The second-order valence-corrected chi connectivity index (χ2v) is 3.94. The molecule has 4 nitrogen and oxygen atoms in total. The molecule has 0 N–H and O–H groups in total. The minimum Gasteiger partial charge on any atom is -0.399 e. The highest BCUT2D eigenvalue weighted by atomic mass is 16.6. The molecule has 1 aromatic carbocycles. The summed E-state index contributed by atoms with van der Waals surface area (Å²) in [6.07, 6.45) is 2.57. The number of morpholine rings is 1. The molecule has 0 amide bonds. The van der Waals surface area contributed by atoms with Crippen LogP contribution in [-0.4, -0.2) is 39.6 Å². The van der Waals surface area contributed by atoms with Crippen molar-refractivity contribution in [3.05, 3.63) is 29.8 Å². The van der Waals surface area contributed by atoms with Crippen LogP contribution < -0.4 is 4.90 Å². The predicted molar refractivity (Wildman–Crippen MR) is 68.7 cm³/mol. The van der Waals surface area contributed by atoms with Crippen LogP contribution in [0.3, 0.4) is 0 Å². The summed E-state index contributed by atoms with van der Waals surface area (Å²) < 4.78 is 5.34. The van der Waals surface area contributed by atoms with Crippen molar-refractivity contribution in [2.24, 2.45) is 5.16 Å². The van der Waals surface area contributed by atoms with Gasteiger partial charge in [-0.3, -0.25) is 0 Å². The van der Waals surface area contributed by atoms with Gasteiger partial charge in [-0.1, -0.05) is 17.3 Å². The molecule has 0 bridgehead atoms. The van der Waals surface area contributed by atoms with E-state index in [4.69, 9.17) is 4.74 Å². The van der Waals surface area contributed by atoms with Crippen molar-refractivity contribution in [2.75, 3.05) is 38.3 Å². The van der Waals surface area contributed by atoms with Crippen molar-refractivity contribution in [3.63, 3.8) is 0 Å². The zero-order chi connectivity index (χ0) is 11.9. The lowest BCUT2D eigenvalue weighted by Gasteiger charge is -2.28. The summed E-state index contributed by atoms with van der Waals surface area (Å²) in [5.74, 6) is 0. The van der Waals surface area contributed by atoms with Gasteiger partial charge in [-0.15, -0.1) is 0 Å². The first-order valence-electron chi connectivity index (χ1n) is 5.87. The Morgan fingerprint density at radius 3 is 2.65 bits per heavy atom. The SMILES string of the molecule is CON=CCc1ccc(N2CCOCC2)cc1. The molecular formula is C13H18N2O2. The molecule has 0 aliphatic carbocycles. The lowest BCUT2D eigenvalue weighted by Crippen LogP contribution is -2.36. The quantitative estimate of drug-likeness (QED) is 0.587. The summed E-state index contributed by atoms with van der Waals surface area (Å²) in [4.78, 5) is 6.97. The van der Waals surface area contributed by atoms with E-state index in [0.29, 0.717) is 0 Å². The Balaban J connectivity index is 1.94. The highest BCUT2D eigenvalue weighted by molar-refractivity contribution is 5.61. The smallest absolute Gasteiger partial charge is 0.106 e. The Morgan fingerprint density at radius 2 is 2.00 bits per heavy atom. The van der Waals surface area contributed by atoms with Gasteiger partial charge in [-0.05, 0) is 17.7 Å². The molecule has 0 aromatic heterocycles. The molecule has 1 heterocycles. The average Bonchev–Trinajstić information content (AvgIpc) is 2.41. The van der Waals surface area contributed by atoms with Gasteiger partial charge in [0.25, 0.3) is 0 Å². The molecule has 17 heavy (non-hydrogen) atoms. The number of anilines is 1. The van der Waals surface area contributed by atoms with E-state index in [2.05, 4.69) is 39.2 Å². The van der Waals surface area contributed by atoms with Gasteiger partial charge in [0.2, 0.25) is 0 Å². The van der Waals surface area contributed by atoms with Gasteiger partial charge >= 0.3 is 0 Å². The molecule has 2 rings (SSSR count). The maximum atomic E-state index is 5.34. The molecule has 0 saturated carbocycles. The Morgan fingerprint density at radius 1 is 1.29 bits per heavy atom. The van der Waals surface area contributed by atoms with Crippen LogP contribution in [0.15, 0.2) is 29.4 Å². The van der Waals surface area contributed by atoms with E-state index in [1.807, 2.05) is 0 Å². The third-order valence-electron chi connectivity index (χ3n) is 2.82. The van der Waals surface area contributed by atoms with Crippen molar-refractivity contribution in [1.29, 1.82) is 0 Å². The molecule has 1 fully saturated rings. The van der Waals surface area contributed by atoms with Crippen LogP contribution >= 0.6 is 0 Å². The topological polar surface area (TPSA) is 34.1 Å². The zero-order valence-corrected chi connectivity index (χ0v) is 10.1. The van der Waals surface area contributed by atoms with E-state index in [-0.39, 0.29) is 0 Å². The van der Waals surface area contributed by atoms with E-state index in [9.17, 15) is 0 Å². The zero-order valence-electron chi connectivity index (χ0n) is 10.1. The standard InChI is InChI=1S/C13H18N2O2/c1-16-14-7-6-12-2-4-13(5-3-12)15-8-10-17-11-9-15/h2-5,7H,6,8-11H2,1H3. The fraction of sp³-hybridized carbons (Fsp3) is 0.462. The number of rotatable bonds is 4. The molecule has 1 aliphatic heterocycles. The van der Waals surface area contributed by atoms with Crippen LogP contribution in [0.1, 0.15) is 5.56 Å². The van der Waals surface area contributed by atoms with Gasteiger partial charge in [-0.2, -0.15) is 0 Å². The van der Waals surface area contributed by atoms with Crippen molar-refractivity contribution in [3.8, 4) is 0 Å². The molecule has 0 radical (unpaired) electrons. The summed E-state index contributed by atoms with van der Waals surface area (Å²) in [5, 5.41) is 3.73. The molecule has 1 aromatic rings. The lowest BCUT2D eigenvalue weighted by atomic mass is 10.1. The van der Waals surface area contributed by atoms with Crippen LogP contribution in [-0.2, 0) is 16.0 Å². The van der Waals surface area contributed by atoms with Crippen LogP contribution in [0, 0.1) is 0 Å². The number of oxime groups is 1. The van der Waals surface area contributed by atoms with E-state index in [0.717, 1.165) is 32.7 Å². The van der Waals surface area contributed by atoms with E-state index in [1.54, 1.807) is 13.3 Å². The Bertz CT molecular complexity index is 356. The van der Waals surface area contributed by atoms with Gasteiger partial charge in [-0.25, -0.2) is 0 Å². The summed E-state index contributed by atoms with van der Waals surface area (Å²) in [7, 11) is 1.55. The van der Waals surface area contributed by atoms with Gasteiger partial charge < -0.3 is 14.5 Å². The highest BCUT2D eigenvalue weighted by Crippen LogP contribution is 2.16. The lowest BCUT2D eigenvalue weighted by molar-refractivity contribution is 0.122. The number of hydrogen-bond acceptors (Lipinski definition) is 4. The maximum absolute atomic E-state index is 5.34. The van der Waals surface area contributed by atoms with Crippen molar-refractivity contribution < 1.29 is 9.57 Å². The molecule has 4 heteroatoms. The molecule has 0 spiro atoms. The normalized spacial score (nSPS) is 16.4. The first-order chi connectivity index (χ1) is 8.40. The minimum atomic E-state index is 0.803. The largest absolute Gasteiger partial charge is 0.399 e. The van der Waals surface area contributed by atoms with Crippen molar-refractivity contribution in [1.82, 2.24) is 0 Å². The average molecular weight is 234 g/mol. The van der Waals surface area contributed by atoms with Crippen LogP contribution in [0.25, 0.3) is 0 Å². The fourth-order valence-corrected chi connectivity index (χ4v) is 1.88. The summed E-state index contributed by atoms with van der Waals surface area (Å²) in [5.41, 5.74) is 2.50. The second-order valence-electron chi connectivity index (χ2n) is 3.94. The van der Waals surface area contributed by atoms with Crippen molar-refractivity contribution >= 4 is 11.9 Å². The predicted octanol–water partition coefficient (Wildman–Crippen LogP) is 1.70. The van der Waals surface area contributed by atoms with Gasteiger partial charge in [0.05, 0.1) is 13.2 Å². The van der Waals surface area contributed by atoms with Crippen LogP contribution in [0.4, 0.5) is 5.69 Å². The number of benzene rings is 1. The Kier molecular flexibility index (Phi) is 4.38. The summed E-state index contributed by atoms with van der Waals surface area (Å²) in [6.45, 7) is 3.60. The summed E-state index contributed by atoms with van der Waals surface area (Å²) in [6, 6.07) is 8.57. The summed E-state index contributed by atoms with van der Waals surface area (Å²) >= 11 is 0. The third kappa shape index (κ3) is 3.46. The third-order valence-corrected chi connectivity index (χ3v) is 2.82. The van der Waals surface area contributed by atoms with Gasteiger partial charge in [0.15, 0.2) is 0 Å². The number of hydrogen-bond donors (Lipinski definition) is 0. The maximum Gasteiger partial charge on any atom is 0.106 e.